The van der Waals surface area contributed by atoms with Gasteiger partial charge in [0.15, 0.2) is 0 Å². The van der Waals surface area contributed by atoms with Crippen LogP contribution in [0.5, 0.6) is 11.5 Å². The van der Waals surface area contributed by atoms with Crippen LogP contribution < -0.4 is 0 Å². The SMILES string of the molecule is C.C.C.C.CC(C)c1cc2ccccc2cc1O.CC(C)c1ccc(C(C)(C)C)cc1.CC(C)c1ccccc1O.CC(C)c1cccnc1.CC(C)c1ccncc1. The molecule has 0 bridgehead atoms. The first-order chi connectivity index (χ1) is 25.9. The Morgan fingerprint density at radius 3 is 1.24 bits per heavy atom. The highest BCUT2D eigenvalue weighted by Crippen LogP contribution is 2.30. The van der Waals surface area contributed by atoms with Crippen LogP contribution >= 0.6 is 0 Å². The number of hydrogen-bond acceptors (Lipinski definition) is 4. The molecule has 6 rings (SSSR count). The third-order valence-corrected chi connectivity index (χ3v) is 9.24. The fourth-order valence-corrected chi connectivity index (χ4v) is 5.52. The summed E-state index contributed by atoms with van der Waals surface area (Å²) in [7, 11) is 0. The zero-order chi connectivity index (χ0) is 41.1. The van der Waals surface area contributed by atoms with Crippen LogP contribution in [0.25, 0.3) is 10.8 Å². The molecule has 0 atom stereocenters. The number of pyridine rings is 2. The normalized spacial score (nSPS) is 10.1. The first kappa shape index (κ1) is 58.4. The number of phenolic OH excluding ortho intramolecular Hbond substituents is 2. The van der Waals surface area contributed by atoms with Gasteiger partial charge < -0.3 is 10.2 Å². The van der Waals surface area contributed by atoms with Crippen molar-refractivity contribution in [1.29, 1.82) is 0 Å². The van der Waals surface area contributed by atoms with Crippen LogP contribution in [0.2, 0.25) is 0 Å². The number of hydrogen-bond donors (Lipinski definition) is 2. The van der Waals surface area contributed by atoms with E-state index < -0.39 is 0 Å². The molecule has 2 aromatic heterocycles. The lowest BCUT2D eigenvalue weighted by molar-refractivity contribution is 0.464. The largest absolute Gasteiger partial charge is 0.508 e. The molecule has 0 fully saturated rings. The molecule has 0 aliphatic heterocycles. The summed E-state index contributed by atoms with van der Waals surface area (Å²) in [5, 5.41) is 21.3. The Kier molecular flexibility index (Phi) is 29.0. The summed E-state index contributed by atoms with van der Waals surface area (Å²) in [6.45, 7) is 28.2. The second-order valence-corrected chi connectivity index (χ2v) is 16.5. The molecule has 0 aliphatic carbocycles. The highest BCUT2D eigenvalue weighted by atomic mass is 16.3. The van der Waals surface area contributed by atoms with Crippen molar-refractivity contribution >= 4 is 10.8 Å². The molecule has 0 amide bonds. The standard InChI is InChI=1S/C13H14O.C13H20.C9H12O.2C8H11N.4CH4/c1-9(2)12-7-10-5-3-4-6-11(10)8-13(12)14;1-10(2)11-6-8-12(9-7-11)13(3,4)5;1-7(2)8-5-3-4-6-9(8)10;1-7(2)8-3-5-9-6-4-8;1-7(2)8-4-3-5-9-6-8;;;;/h3-9,14H,1-2H3;6-10H,1-5H3;3-7,10H,1-2H3;2*3-7H,1-2H3;4*1H4. The van der Waals surface area contributed by atoms with E-state index >= 15 is 0 Å². The van der Waals surface area contributed by atoms with Gasteiger partial charge in [-0.1, -0.05) is 193 Å². The fraction of sp³-hybridized carbons (Fsp3) is 0.418. The van der Waals surface area contributed by atoms with Crippen LogP contribution in [0.15, 0.2) is 134 Å². The molecular formula is C55H84N2O2. The first-order valence-electron chi connectivity index (χ1n) is 19.8. The molecular weight excluding hydrogens is 721 g/mol. The van der Waals surface area contributed by atoms with Gasteiger partial charge in [-0.2, -0.15) is 0 Å². The zero-order valence-corrected chi connectivity index (χ0v) is 35.9. The van der Waals surface area contributed by atoms with Crippen molar-refractivity contribution in [1.82, 2.24) is 9.97 Å². The molecule has 6 aromatic rings. The Hall–Kier alpha value is -4.96. The molecule has 0 unspecified atom stereocenters. The number of nitrogens with zero attached hydrogens (tertiary/aromatic N) is 2. The number of aromatic hydroxyl groups is 2. The van der Waals surface area contributed by atoms with Crippen molar-refractivity contribution in [2.45, 2.75) is 155 Å². The smallest absolute Gasteiger partial charge is 0.119 e. The quantitative estimate of drug-likeness (QED) is 0.182. The number of rotatable bonds is 5. The molecule has 2 N–H and O–H groups in total. The van der Waals surface area contributed by atoms with E-state index in [0.29, 0.717) is 41.1 Å². The topological polar surface area (TPSA) is 66.2 Å². The number of benzene rings is 4. The van der Waals surface area contributed by atoms with E-state index in [0.717, 1.165) is 16.5 Å². The van der Waals surface area contributed by atoms with Crippen molar-refractivity contribution in [2.75, 3.05) is 0 Å². The van der Waals surface area contributed by atoms with E-state index in [1.165, 1.54) is 27.6 Å². The molecule has 0 radical (unpaired) electrons. The van der Waals surface area contributed by atoms with Gasteiger partial charge in [-0.25, -0.2) is 0 Å². The summed E-state index contributed by atoms with van der Waals surface area (Å²) < 4.78 is 0. The van der Waals surface area contributed by atoms with Gasteiger partial charge in [-0.15, -0.1) is 0 Å². The molecule has 59 heavy (non-hydrogen) atoms. The fourth-order valence-electron chi connectivity index (χ4n) is 5.52. The summed E-state index contributed by atoms with van der Waals surface area (Å²) >= 11 is 0. The molecule has 0 spiro atoms. The predicted molar refractivity (Wildman–Crippen MR) is 265 cm³/mol. The lowest BCUT2D eigenvalue weighted by Crippen LogP contribution is -2.10. The minimum absolute atomic E-state index is 0. The Balaban J connectivity index is -0.000000661. The molecule has 326 valence electrons. The summed E-state index contributed by atoms with van der Waals surface area (Å²) in [4.78, 5) is 7.93. The van der Waals surface area contributed by atoms with Crippen molar-refractivity contribution in [3.05, 3.63) is 167 Å². The second kappa shape index (κ2) is 29.3. The van der Waals surface area contributed by atoms with Crippen LogP contribution in [0.1, 0.15) is 183 Å². The van der Waals surface area contributed by atoms with E-state index in [4.69, 9.17) is 0 Å². The van der Waals surface area contributed by atoms with Crippen molar-refractivity contribution < 1.29 is 10.2 Å². The molecule has 4 nitrogen and oxygen atoms in total. The van der Waals surface area contributed by atoms with E-state index in [2.05, 4.69) is 142 Å². The summed E-state index contributed by atoms with van der Waals surface area (Å²) in [6.07, 6.45) is 7.36. The van der Waals surface area contributed by atoms with E-state index in [1.54, 1.807) is 12.3 Å². The molecule has 4 heteroatoms. The van der Waals surface area contributed by atoms with Gasteiger partial charge >= 0.3 is 0 Å². The van der Waals surface area contributed by atoms with Crippen LogP contribution in [0.4, 0.5) is 0 Å². The van der Waals surface area contributed by atoms with E-state index in [1.807, 2.05) is 79.3 Å². The number of fused-ring (bicyclic) bond motifs is 1. The first-order valence-corrected chi connectivity index (χ1v) is 19.8. The van der Waals surface area contributed by atoms with Crippen molar-refractivity contribution in [2.24, 2.45) is 0 Å². The minimum Gasteiger partial charge on any atom is -0.508 e. The van der Waals surface area contributed by atoms with Crippen LogP contribution in [-0.4, -0.2) is 20.2 Å². The Labute approximate surface area is 363 Å². The number of aromatic nitrogens is 2. The summed E-state index contributed by atoms with van der Waals surface area (Å²) in [5.74, 6) is 3.41. The van der Waals surface area contributed by atoms with Gasteiger partial charge in [-0.3, -0.25) is 9.97 Å². The van der Waals surface area contributed by atoms with Crippen LogP contribution in [0.3, 0.4) is 0 Å². The molecule has 4 aromatic carbocycles. The second-order valence-electron chi connectivity index (χ2n) is 16.5. The third-order valence-electron chi connectivity index (χ3n) is 9.24. The summed E-state index contributed by atoms with van der Waals surface area (Å²) in [6, 6.07) is 36.6. The van der Waals surface area contributed by atoms with Crippen molar-refractivity contribution in [3.63, 3.8) is 0 Å². The average Bonchev–Trinajstić information content (AvgIpc) is 3.16. The summed E-state index contributed by atoms with van der Waals surface area (Å²) in [5.41, 5.74) is 7.80. The van der Waals surface area contributed by atoms with E-state index in [-0.39, 0.29) is 35.1 Å². The number of para-hydroxylation sites is 1. The number of phenols is 2. The molecule has 0 saturated heterocycles. The minimum atomic E-state index is 0. The van der Waals surface area contributed by atoms with Gasteiger partial charge in [0, 0.05) is 24.8 Å². The monoisotopic (exact) mass is 805 g/mol. The highest BCUT2D eigenvalue weighted by Gasteiger charge is 2.13. The Morgan fingerprint density at radius 1 is 0.407 bits per heavy atom. The third kappa shape index (κ3) is 21.0. The lowest BCUT2D eigenvalue weighted by atomic mass is 9.86. The maximum atomic E-state index is 9.78. The predicted octanol–water partition coefficient (Wildman–Crippen LogP) is 17.2. The van der Waals surface area contributed by atoms with E-state index in [9.17, 15) is 10.2 Å². The molecule has 2 heterocycles. The Morgan fingerprint density at radius 2 is 0.864 bits per heavy atom. The average molecular weight is 805 g/mol. The maximum Gasteiger partial charge on any atom is 0.119 e. The van der Waals surface area contributed by atoms with Gasteiger partial charge in [-0.05, 0) is 116 Å². The molecule has 0 aliphatic rings. The van der Waals surface area contributed by atoms with Gasteiger partial charge in [0.2, 0.25) is 0 Å². The van der Waals surface area contributed by atoms with Crippen LogP contribution in [-0.2, 0) is 5.41 Å². The highest BCUT2D eigenvalue weighted by molar-refractivity contribution is 5.85. The zero-order valence-electron chi connectivity index (χ0n) is 35.9. The van der Waals surface area contributed by atoms with Crippen molar-refractivity contribution in [3.8, 4) is 11.5 Å². The van der Waals surface area contributed by atoms with Gasteiger partial charge in [0.05, 0.1) is 0 Å². The van der Waals surface area contributed by atoms with Gasteiger partial charge in [0.1, 0.15) is 11.5 Å². The maximum absolute atomic E-state index is 9.78. The van der Waals surface area contributed by atoms with Gasteiger partial charge in [0.25, 0.3) is 0 Å². The molecule has 0 saturated carbocycles. The van der Waals surface area contributed by atoms with Crippen LogP contribution in [0, 0.1) is 0 Å². The lowest BCUT2D eigenvalue weighted by Gasteiger charge is -2.19. The Bertz CT molecular complexity index is 1880.